The third kappa shape index (κ3) is 11.4. The zero-order valence-corrected chi connectivity index (χ0v) is 49.7. The summed E-state index contributed by atoms with van der Waals surface area (Å²) in [7, 11) is 3.41. The average molecular weight is 1160 g/mol. The second-order valence-corrected chi connectivity index (χ2v) is 24.4. The van der Waals surface area contributed by atoms with Crippen molar-refractivity contribution in [1.82, 2.24) is 0 Å². The zero-order valence-electron chi connectivity index (χ0n) is 48.9. The molecule has 0 N–H and O–H groups in total. The molecule has 0 radical (unpaired) electrons. The van der Waals surface area contributed by atoms with Crippen LogP contribution in [-0.2, 0) is 10.3 Å². The van der Waals surface area contributed by atoms with Crippen LogP contribution < -0.4 is 19.3 Å². The summed E-state index contributed by atoms with van der Waals surface area (Å²) in [4.78, 5) is 5.21. The van der Waals surface area contributed by atoms with Gasteiger partial charge in [-0.1, -0.05) is 143 Å². The highest BCUT2D eigenvalue weighted by molar-refractivity contribution is 6.33. The molecule has 4 saturated carbocycles. The molecule has 0 saturated heterocycles. The maximum absolute atomic E-state index is 15.7. The summed E-state index contributed by atoms with van der Waals surface area (Å²) in [5.74, 6) is 4.76. The molecule has 5 aromatic rings. The fourth-order valence-corrected chi connectivity index (χ4v) is 15.8. The Labute approximate surface area is 504 Å². The van der Waals surface area contributed by atoms with Crippen molar-refractivity contribution >= 4 is 39.9 Å². The molecule has 8 nitrogen and oxygen atoms in total. The van der Waals surface area contributed by atoms with E-state index in [-0.39, 0.29) is 5.56 Å². The fraction of sp³-hybridized carbons (Fsp3) is 0.384. The van der Waals surface area contributed by atoms with Crippen molar-refractivity contribution in [2.45, 2.75) is 128 Å². The standard InChI is InChI=1S/C73H73ClF3N5O3/c1-5-49-40-47-12-10-14-55(42-47)69(49)81(61-30-34-63(83-3)35-31-61)59-26-20-51(21-27-59)65(52-22-28-60(29-23-52)82(62-32-36-64(84-4)37-33-62)70-50(6-2)41-48-13-11-15-56(70)43-48)38-24-53-18-19-54(68(53)74)25-39-67-66(46-80)71(57(44-78)45-79)85-72(67,73(75,76)77)58-16-8-7-9-17-58/h7-9,16-17,20-39,47-50,55-56,69-70H,5-6,10-15,18-19,40-43H2,1-4H3/b39-25+,53-24+,65-38?. The summed E-state index contributed by atoms with van der Waals surface area (Å²) < 4.78 is 64.0. The number of fused-ring (bicyclic) bond motifs is 4. The number of hydrogen-bond donors (Lipinski definition) is 0. The molecule has 9 unspecified atom stereocenters. The normalized spacial score (nSPS) is 25.8. The highest BCUT2D eigenvalue weighted by Crippen LogP contribution is 2.57. The van der Waals surface area contributed by atoms with Crippen LogP contribution in [0, 0.1) is 69.5 Å². The lowest BCUT2D eigenvalue weighted by Crippen LogP contribution is -2.49. The van der Waals surface area contributed by atoms with Gasteiger partial charge in [-0.05, 0) is 188 Å². The van der Waals surface area contributed by atoms with Gasteiger partial charge in [-0.2, -0.15) is 29.0 Å². The van der Waals surface area contributed by atoms with E-state index in [1.165, 1.54) is 101 Å². The van der Waals surface area contributed by atoms with E-state index in [4.69, 9.17) is 25.8 Å². The number of allylic oxidation sites excluding steroid dienone is 8. The fourth-order valence-electron chi connectivity index (χ4n) is 15.5. The van der Waals surface area contributed by atoms with Gasteiger partial charge in [-0.15, -0.1) is 0 Å². The number of nitrogens with zero attached hydrogens (tertiary/aromatic N) is 5. The summed E-state index contributed by atoms with van der Waals surface area (Å²) in [6.07, 6.45) is 17.5. The van der Waals surface area contributed by atoms with Gasteiger partial charge in [0.15, 0.2) is 11.3 Å². The van der Waals surface area contributed by atoms with Crippen LogP contribution in [0.25, 0.3) is 5.57 Å². The zero-order chi connectivity index (χ0) is 59.4. The van der Waals surface area contributed by atoms with E-state index < -0.39 is 34.3 Å². The minimum atomic E-state index is -5.12. The van der Waals surface area contributed by atoms with Crippen molar-refractivity contribution in [2.75, 3.05) is 24.0 Å². The Balaban J connectivity index is 1.01. The molecule has 9 atom stereocenters. The molecule has 11 rings (SSSR count). The Bertz CT molecular complexity index is 3410. The van der Waals surface area contributed by atoms with Gasteiger partial charge in [0.2, 0.25) is 0 Å². The number of nitriles is 3. The number of ether oxygens (including phenoxy) is 3. The van der Waals surface area contributed by atoms with Crippen molar-refractivity contribution in [3.05, 3.63) is 207 Å². The Kier molecular flexibility index (Phi) is 17.6. The second-order valence-electron chi connectivity index (χ2n) is 24.0. The lowest BCUT2D eigenvalue weighted by molar-refractivity contribution is -0.249. The number of anilines is 4. The molecule has 4 bridgehead atoms. The van der Waals surface area contributed by atoms with Gasteiger partial charge in [0.25, 0.3) is 5.60 Å². The lowest BCUT2D eigenvalue weighted by atomic mass is 9.64. The average Bonchev–Trinajstić information content (AvgIpc) is 1.90. The molecule has 85 heavy (non-hydrogen) atoms. The molecule has 4 fully saturated rings. The largest absolute Gasteiger partial charge is 0.497 e. The van der Waals surface area contributed by atoms with Crippen LogP contribution in [0.15, 0.2) is 190 Å². The van der Waals surface area contributed by atoms with Crippen molar-refractivity contribution in [3.63, 3.8) is 0 Å². The highest BCUT2D eigenvalue weighted by atomic mass is 35.5. The molecule has 12 heteroatoms. The number of halogens is 4. The molecule has 5 aliphatic carbocycles. The number of methoxy groups -OCH3 is 2. The van der Waals surface area contributed by atoms with Gasteiger partial charge in [0.1, 0.15) is 35.3 Å². The third-order valence-electron chi connectivity index (χ3n) is 19.5. The molecule has 436 valence electrons. The van der Waals surface area contributed by atoms with Gasteiger partial charge < -0.3 is 24.0 Å². The predicted octanol–water partition coefficient (Wildman–Crippen LogP) is 19.0. The highest BCUT2D eigenvalue weighted by Gasteiger charge is 2.65. The smallest absolute Gasteiger partial charge is 0.437 e. The summed E-state index contributed by atoms with van der Waals surface area (Å²) >= 11 is 7.29. The quantitative estimate of drug-likeness (QED) is 0.0900. The van der Waals surface area contributed by atoms with Crippen LogP contribution in [0.3, 0.4) is 0 Å². The summed E-state index contributed by atoms with van der Waals surface area (Å²) in [5.41, 5.74) is 3.58. The lowest BCUT2D eigenvalue weighted by Gasteiger charge is -2.50. The molecular weight excluding hydrogens is 1090 g/mol. The monoisotopic (exact) mass is 1160 g/mol. The van der Waals surface area contributed by atoms with Crippen LogP contribution in [0.1, 0.15) is 120 Å². The van der Waals surface area contributed by atoms with Gasteiger partial charge in [-0.25, -0.2) is 0 Å². The molecule has 0 amide bonds. The summed E-state index contributed by atoms with van der Waals surface area (Å²) in [5, 5.41) is 30.4. The Hall–Kier alpha value is -7.91. The molecule has 0 spiro atoms. The van der Waals surface area contributed by atoms with Crippen LogP contribution >= 0.6 is 11.6 Å². The minimum Gasteiger partial charge on any atom is -0.497 e. The first kappa shape index (κ1) is 58.8. The predicted molar refractivity (Wildman–Crippen MR) is 331 cm³/mol. The molecule has 0 aromatic heterocycles. The van der Waals surface area contributed by atoms with Crippen molar-refractivity contribution < 1.29 is 27.4 Å². The van der Waals surface area contributed by atoms with Crippen LogP contribution in [0.4, 0.5) is 35.9 Å². The molecular formula is C73H73ClF3N5O3. The third-order valence-corrected chi connectivity index (χ3v) is 20.0. The topological polar surface area (TPSA) is 106 Å². The molecule has 1 heterocycles. The number of alkyl halides is 3. The van der Waals surface area contributed by atoms with E-state index in [1.54, 1.807) is 32.4 Å². The van der Waals surface area contributed by atoms with Crippen molar-refractivity contribution in [1.29, 1.82) is 15.8 Å². The van der Waals surface area contributed by atoms with E-state index in [1.807, 2.05) is 12.1 Å². The van der Waals surface area contributed by atoms with E-state index in [2.05, 4.69) is 127 Å². The van der Waals surface area contributed by atoms with Gasteiger partial charge in [0, 0.05) is 51.0 Å². The van der Waals surface area contributed by atoms with E-state index in [0.717, 1.165) is 81.2 Å². The Morgan fingerprint density at radius 1 is 0.647 bits per heavy atom. The van der Waals surface area contributed by atoms with Gasteiger partial charge >= 0.3 is 6.18 Å². The first-order valence-electron chi connectivity index (χ1n) is 30.4. The van der Waals surface area contributed by atoms with Crippen molar-refractivity contribution in [3.8, 4) is 29.7 Å². The van der Waals surface area contributed by atoms with Crippen LogP contribution in [-0.4, -0.2) is 32.5 Å². The number of rotatable bonds is 16. The van der Waals surface area contributed by atoms with Crippen LogP contribution in [0.5, 0.6) is 11.5 Å². The Morgan fingerprint density at radius 2 is 1.13 bits per heavy atom. The SMILES string of the molecule is CCC1CC2CCCC(C2)C1N(c1ccc(OC)cc1)c1ccc(C(=C/C=C2\CCC(/C=C/C3=C(C#N)C(=C(C#N)C#N)OC3(c3ccccc3)C(F)(F)F)=C2Cl)c2ccc(N(c3ccc(OC)cc3)C3C(CC)CC4CCCC3C4)cc2)cc1. The summed E-state index contributed by atoms with van der Waals surface area (Å²) in [6.45, 7) is 4.70. The minimum absolute atomic E-state index is 0.309. The number of hydrogen-bond acceptors (Lipinski definition) is 8. The van der Waals surface area contributed by atoms with Crippen molar-refractivity contribution in [2.24, 2.45) is 35.5 Å². The maximum Gasteiger partial charge on any atom is 0.437 e. The maximum atomic E-state index is 15.7. The van der Waals surface area contributed by atoms with Gasteiger partial charge in [-0.3, -0.25) is 0 Å². The second kappa shape index (κ2) is 25.4. The first-order chi connectivity index (χ1) is 41.3. The number of benzene rings is 5. The van der Waals surface area contributed by atoms with E-state index in [0.29, 0.717) is 59.2 Å². The molecule has 1 aliphatic heterocycles. The van der Waals surface area contributed by atoms with E-state index in [9.17, 15) is 15.8 Å². The van der Waals surface area contributed by atoms with Crippen LogP contribution in [0.2, 0.25) is 0 Å². The van der Waals surface area contributed by atoms with Gasteiger partial charge in [0.05, 0.1) is 14.2 Å². The first-order valence-corrected chi connectivity index (χ1v) is 30.8. The molecule has 5 aromatic carbocycles. The summed E-state index contributed by atoms with van der Waals surface area (Å²) in [6, 6.07) is 47.7. The molecule has 6 aliphatic rings. The van der Waals surface area contributed by atoms with E-state index >= 15 is 13.2 Å². The Morgan fingerprint density at radius 3 is 1.56 bits per heavy atom.